The van der Waals surface area contributed by atoms with Crippen molar-refractivity contribution in [2.45, 2.75) is 125 Å². The van der Waals surface area contributed by atoms with Gasteiger partial charge in [-0.2, -0.15) is 0 Å². The monoisotopic (exact) mass is 506 g/mol. The summed E-state index contributed by atoms with van der Waals surface area (Å²) in [6.45, 7) is 0. The summed E-state index contributed by atoms with van der Waals surface area (Å²) in [5.41, 5.74) is 0. The molecule has 0 heterocycles. The van der Waals surface area contributed by atoms with Gasteiger partial charge < -0.3 is 0 Å². The maximum absolute atomic E-state index is 11.6. The average Bonchev–Trinajstić information content (AvgIpc) is 2.69. The van der Waals surface area contributed by atoms with Gasteiger partial charge in [0.15, 0.2) is 0 Å². The zero-order valence-corrected chi connectivity index (χ0v) is 21.1. The van der Waals surface area contributed by atoms with E-state index < -0.39 is 11.9 Å². The van der Waals surface area contributed by atoms with Gasteiger partial charge >= 0.3 is 11.9 Å². The Labute approximate surface area is 202 Å². The van der Waals surface area contributed by atoms with Gasteiger partial charge in [0.25, 0.3) is 0 Å². The molecule has 30 heavy (non-hydrogen) atoms. The fraction of sp³-hybridized carbons (Fsp3) is 0.909. The van der Waals surface area contributed by atoms with Crippen molar-refractivity contribution in [1.82, 2.24) is 0 Å². The number of halogens is 4. The lowest BCUT2D eigenvalue weighted by Gasteiger charge is -2.05. The summed E-state index contributed by atoms with van der Waals surface area (Å²) >= 11 is 22.7. The molecule has 0 saturated heterocycles. The van der Waals surface area contributed by atoms with Crippen LogP contribution in [0.15, 0.2) is 0 Å². The summed E-state index contributed by atoms with van der Waals surface area (Å²) in [6, 6.07) is 0. The molecule has 0 spiro atoms. The van der Waals surface area contributed by atoms with Gasteiger partial charge in [0.2, 0.25) is 0 Å². The second kappa shape index (κ2) is 22.3. The van der Waals surface area contributed by atoms with Gasteiger partial charge in [0, 0.05) is 0 Å². The first kappa shape index (κ1) is 30.1. The molecule has 0 aromatic heterocycles. The van der Waals surface area contributed by atoms with Crippen molar-refractivity contribution in [3.05, 3.63) is 0 Å². The summed E-state index contributed by atoms with van der Waals surface area (Å²) in [4.78, 5) is 31.8. The third-order valence-corrected chi connectivity index (χ3v) is 5.71. The van der Waals surface area contributed by atoms with Crippen LogP contribution in [0.5, 0.6) is 0 Å². The minimum Gasteiger partial charge on any atom is -0.247 e. The van der Waals surface area contributed by atoms with Crippen molar-refractivity contribution in [2.75, 3.05) is 0 Å². The van der Waals surface area contributed by atoms with Crippen molar-refractivity contribution >= 4 is 58.3 Å². The van der Waals surface area contributed by atoms with Crippen molar-refractivity contribution in [3.8, 4) is 0 Å². The largest absolute Gasteiger partial charge is 0.355 e. The van der Waals surface area contributed by atoms with E-state index in [-0.39, 0.29) is 22.5 Å². The highest BCUT2D eigenvalue weighted by atomic mass is 35.5. The average molecular weight is 508 g/mol. The number of hydrogen-bond acceptors (Lipinski definition) is 4. The van der Waals surface area contributed by atoms with Crippen LogP contribution in [0.2, 0.25) is 0 Å². The van der Waals surface area contributed by atoms with Crippen LogP contribution < -0.4 is 0 Å². The molecule has 0 bridgehead atoms. The highest BCUT2D eigenvalue weighted by Gasteiger charge is 2.09. The molecule has 0 fully saturated rings. The SMILES string of the molecule is O=C(CCCCCCCCCC(Cl)Cl)OOC(=O)CCCCCCCCCC(Cl)Cl. The molecule has 178 valence electrons. The molecule has 0 aliphatic rings. The molecule has 0 aromatic rings. The summed E-state index contributed by atoms with van der Waals surface area (Å²) in [5, 5.41) is 0. The van der Waals surface area contributed by atoms with Crippen LogP contribution in [0.1, 0.15) is 116 Å². The highest BCUT2D eigenvalue weighted by Crippen LogP contribution is 2.16. The summed E-state index contributed by atoms with van der Waals surface area (Å²) in [6.07, 6.45) is 16.8. The number of hydrogen-bond donors (Lipinski definition) is 0. The lowest BCUT2D eigenvalue weighted by molar-refractivity contribution is -0.259. The van der Waals surface area contributed by atoms with E-state index in [9.17, 15) is 9.59 Å². The predicted octanol–water partition coefficient (Wildman–Crippen LogP) is 8.62. The summed E-state index contributed by atoms with van der Waals surface area (Å²) in [5.74, 6) is -0.954. The molecule has 0 unspecified atom stereocenters. The minimum absolute atomic E-state index is 0.257. The lowest BCUT2D eigenvalue weighted by atomic mass is 10.1. The van der Waals surface area contributed by atoms with E-state index in [2.05, 4.69) is 9.78 Å². The van der Waals surface area contributed by atoms with Gasteiger partial charge in [0.1, 0.15) is 9.67 Å². The molecular weight excluding hydrogens is 470 g/mol. The van der Waals surface area contributed by atoms with E-state index in [0.717, 1.165) is 103 Å². The molecular formula is C22H38Cl4O4. The van der Waals surface area contributed by atoms with Crippen LogP contribution >= 0.6 is 46.4 Å². The van der Waals surface area contributed by atoms with Crippen LogP contribution in [0, 0.1) is 0 Å². The van der Waals surface area contributed by atoms with Crippen molar-refractivity contribution < 1.29 is 19.4 Å². The third-order valence-electron chi connectivity index (χ3n) is 4.83. The van der Waals surface area contributed by atoms with E-state index in [1.165, 1.54) is 0 Å². The molecule has 0 saturated carbocycles. The summed E-state index contributed by atoms with van der Waals surface area (Å²) in [7, 11) is 0. The minimum atomic E-state index is -0.477. The molecule has 0 aromatic carbocycles. The zero-order valence-electron chi connectivity index (χ0n) is 18.0. The number of rotatable bonds is 20. The molecule has 8 heteroatoms. The zero-order chi connectivity index (χ0) is 22.5. The Kier molecular flexibility index (Phi) is 22.4. The second-order valence-electron chi connectivity index (χ2n) is 7.72. The van der Waals surface area contributed by atoms with Gasteiger partial charge in [-0.05, 0) is 25.7 Å². The molecule has 0 atom stereocenters. The Morgan fingerprint density at radius 2 is 0.733 bits per heavy atom. The van der Waals surface area contributed by atoms with Crippen molar-refractivity contribution in [3.63, 3.8) is 0 Å². The predicted molar refractivity (Wildman–Crippen MR) is 126 cm³/mol. The van der Waals surface area contributed by atoms with Crippen molar-refractivity contribution in [2.24, 2.45) is 0 Å². The van der Waals surface area contributed by atoms with Crippen LogP contribution in [-0.4, -0.2) is 21.6 Å². The first-order valence-electron chi connectivity index (χ1n) is 11.4. The normalized spacial score (nSPS) is 11.3. The van der Waals surface area contributed by atoms with Gasteiger partial charge in [-0.3, -0.25) is 0 Å². The summed E-state index contributed by atoms with van der Waals surface area (Å²) < 4.78 is 0. The lowest BCUT2D eigenvalue weighted by Crippen LogP contribution is -2.11. The Bertz CT molecular complexity index is 382. The van der Waals surface area contributed by atoms with Crippen LogP contribution in [0.25, 0.3) is 0 Å². The third kappa shape index (κ3) is 24.4. The number of alkyl halides is 4. The van der Waals surface area contributed by atoms with E-state index >= 15 is 0 Å². The second-order valence-corrected chi connectivity index (χ2v) is 10.3. The Morgan fingerprint density at radius 1 is 0.467 bits per heavy atom. The fourth-order valence-electron chi connectivity index (χ4n) is 3.08. The van der Waals surface area contributed by atoms with E-state index in [1.807, 2.05) is 0 Å². The quantitative estimate of drug-likeness (QED) is 0.0715. The number of unbranched alkanes of at least 4 members (excludes halogenated alkanes) is 12. The molecule has 4 nitrogen and oxygen atoms in total. The van der Waals surface area contributed by atoms with Crippen LogP contribution in [0.3, 0.4) is 0 Å². The molecule has 0 N–H and O–H groups in total. The maximum atomic E-state index is 11.6. The number of carbonyl (C=O) groups excluding carboxylic acids is 2. The molecule has 0 rings (SSSR count). The molecule has 0 amide bonds. The highest BCUT2D eigenvalue weighted by molar-refractivity contribution is 6.44. The van der Waals surface area contributed by atoms with Crippen LogP contribution in [0.4, 0.5) is 0 Å². The van der Waals surface area contributed by atoms with Gasteiger partial charge in [-0.15, -0.1) is 46.4 Å². The van der Waals surface area contributed by atoms with Gasteiger partial charge in [-0.1, -0.05) is 77.0 Å². The molecule has 0 radical (unpaired) electrons. The molecule has 0 aliphatic heterocycles. The topological polar surface area (TPSA) is 52.6 Å². The number of carbonyl (C=O) groups is 2. The standard InChI is InChI=1S/C22H38Cl4O4/c23-19(24)15-11-7-3-1-5-9-13-17-21(27)29-30-22(28)18-14-10-6-2-4-8-12-16-20(25)26/h19-20H,1-18H2. The van der Waals surface area contributed by atoms with E-state index in [4.69, 9.17) is 46.4 Å². The van der Waals surface area contributed by atoms with Gasteiger partial charge in [0.05, 0.1) is 12.8 Å². The fourth-order valence-corrected chi connectivity index (χ4v) is 3.70. The Morgan fingerprint density at radius 3 is 1.03 bits per heavy atom. The Balaban J connectivity index is 3.34. The Hall–Kier alpha value is 0.1000. The van der Waals surface area contributed by atoms with Gasteiger partial charge in [-0.25, -0.2) is 19.4 Å². The maximum Gasteiger partial charge on any atom is 0.355 e. The molecule has 0 aliphatic carbocycles. The van der Waals surface area contributed by atoms with E-state index in [0.29, 0.717) is 0 Å². The van der Waals surface area contributed by atoms with Crippen LogP contribution in [-0.2, 0) is 19.4 Å². The van der Waals surface area contributed by atoms with Crippen molar-refractivity contribution in [1.29, 1.82) is 0 Å². The smallest absolute Gasteiger partial charge is 0.247 e. The first-order valence-corrected chi connectivity index (χ1v) is 13.1. The van der Waals surface area contributed by atoms with E-state index in [1.54, 1.807) is 0 Å². The first-order chi connectivity index (χ1) is 14.4.